The summed E-state index contributed by atoms with van der Waals surface area (Å²) >= 11 is 0. The van der Waals surface area contributed by atoms with Crippen molar-refractivity contribution in [2.45, 2.75) is 71.8 Å². The van der Waals surface area contributed by atoms with Crippen molar-refractivity contribution in [3.05, 3.63) is 10.4 Å². The number of amides is 3. The zero-order chi connectivity index (χ0) is 19.8. The van der Waals surface area contributed by atoms with Crippen LogP contribution in [0.1, 0.15) is 48.5 Å². The monoisotopic (exact) mass is 358 g/mol. The molecule has 3 N–H and O–H groups in total. The first-order chi connectivity index (χ1) is 11.2. The van der Waals surface area contributed by atoms with Gasteiger partial charge in [0, 0.05) is 4.91 Å². The Morgan fingerprint density at radius 3 is 1.88 bits per heavy atom. The van der Waals surface area contributed by atoms with Crippen LogP contribution >= 0.6 is 0 Å². The van der Waals surface area contributed by atoms with Crippen LogP contribution in [0.2, 0.25) is 0 Å². The lowest BCUT2D eigenvalue weighted by Gasteiger charge is -2.25. The molecule has 11 heteroatoms. The standard InChI is InChI=1S/C14H26N6O5/c1-8(17-20-15)9(16-11(22)24-13(2,3)4)10(21)18-19-12(23)25-14(5,6)7/h8-9H,1-7H3,(H,16,22)(H,18,21)(H,19,23)/t8-,9-/m1/s1. The Morgan fingerprint density at radius 2 is 1.44 bits per heavy atom. The van der Waals surface area contributed by atoms with Crippen LogP contribution in [-0.4, -0.2) is 41.4 Å². The van der Waals surface area contributed by atoms with Crippen LogP contribution in [0, 0.1) is 0 Å². The van der Waals surface area contributed by atoms with E-state index in [1.165, 1.54) is 6.92 Å². The Balaban J connectivity index is 4.92. The van der Waals surface area contributed by atoms with E-state index < -0.39 is 41.4 Å². The second-order valence-corrected chi connectivity index (χ2v) is 7.19. The number of alkyl carbamates (subject to hydrolysis) is 1. The first-order valence-corrected chi connectivity index (χ1v) is 7.58. The summed E-state index contributed by atoms with van der Waals surface area (Å²) in [4.78, 5) is 38.2. The summed E-state index contributed by atoms with van der Waals surface area (Å²) in [5.41, 5.74) is 11.1. The second kappa shape index (κ2) is 8.97. The third kappa shape index (κ3) is 10.7. The first kappa shape index (κ1) is 22.3. The third-order valence-electron chi connectivity index (χ3n) is 2.36. The Bertz CT molecular complexity index is 545. The van der Waals surface area contributed by atoms with Crippen LogP contribution < -0.4 is 16.2 Å². The minimum atomic E-state index is -1.26. The molecule has 11 nitrogen and oxygen atoms in total. The summed E-state index contributed by atoms with van der Waals surface area (Å²) < 4.78 is 10.0. The number of carbonyl (C=O) groups excluding carboxylic acids is 3. The SMILES string of the molecule is C[C@@H](N=[N+]=[N-])[C@@H](NC(=O)OC(C)(C)C)C(=O)NNC(=O)OC(C)(C)C. The number of carbonyl (C=O) groups is 3. The van der Waals surface area contributed by atoms with Crippen molar-refractivity contribution in [1.82, 2.24) is 16.2 Å². The van der Waals surface area contributed by atoms with Gasteiger partial charge < -0.3 is 14.8 Å². The summed E-state index contributed by atoms with van der Waals surface area (Å²) in [7, 11) is 0. The topological polar surface area (TPSA) is 155 Å². The molecule has 2 atom stereocenters. The number of rotatable bonds is 4. The van der Waals surface area contributed by atoms with Crippen LogP contribution in [0.3, 0.4) is 0 Å². The normalized spacial score (nSPS) is 13.6. The second-order valence-electron chi connectivity index (χ2n) is 7.19. The molecular weight excluding hydrogens is 332 g/mol. The molecular formula is C14H26N6O5. The van der Waals surface area contributed by atoms with Crippen molar-refractivity contribution in [3.8, 4) is 0 Å². The summed E-state index contributed by atoms with van der Waals surface area (Å²) in [6.07, 6.45) is -1.75. The molecule has 0 aliphatic heterocycles. The van der Waals surface area contributed by atoms with E-state index in [2.05, 4.69) is 26.2 Å². The van der Waals surface area contributed by atoms with Crippen molar-refractivity contribution >= 4 is 18.1 Å². The molecule has 0 radical (unpaired) electrons. The van der Waals surface area contributed by atoms with Crippen LogP contribution in [0.25, 0.3) is 10.4 Å². The smallest absolute Gasteiger partial charge is 0.426 e. The molecule has 0 heterocycles. The fraction of sp³-hybridized carbons (Fsp3) is 0.786. The number of hydrogen-bond acceptors (Lipinski definition) is 6. The Morgan fingerprint density at radius 1 is 0.960 bits per heavy atom. The Hall–Kier alpha value is -2.68. The minimum Gasteiger partial charge on any atom is -0.444 e. The van der Waals surface area contributed by atoms with E-state index in [4.69, 9.17) is 15.0 Å². The highest BCUT2D eigenvalue weighted by molar-refractivity contribution is 5.87. The highest BCUT2D eigenvalue weighted by Crippen LogP contribution is 2.08. The van der Waals surface area contributed by atoms with Crippen molar-refractivity contribution in [2.24, 2.45) is 5.11 Å². The van der Waals surface area contributed by atoms with Gasteiger partial charge in [-0.15, -0.1) is 0 Å². The van der Waals surface area contributed by atoms with Crippen LogP contribution in [0.15, 0.2) is 5.11 Å². The number of hydrogen-bond donors (Lipinski definition) is 3. The van der Waals surface area contributed by atoms with E-state index in [0.29, 0.717) is 0 Å². The molecule has 0 aliphatic rings. The van der Waals surface area contributed by atoms with Crippen LogP contribution in [0.4, 0.5) is 9.59 Å². The van der Waals surface area contributed by atoms with Gasteiger partial charge in [0.2, 0.25) is 0 Å². The average Bonchev–Trinajstić information content (AvgIpc) is 2.38. The van der Waals surface area contributed by atoms with Crippen molar-refractivity contribution < 1.29 is 23.9 Å². The molecule has 0 aliphatic carbocycles. The van der Waals surface area contributed by atoms with Gasteiger partial charge in [0.25, 0.3) is 5.91 Å². The highest BCUT2D eigenvalue weighted by Gasteiger charge is 2.29. The summed E-state index contributed by atoms with van der Waals surface area (Å²) in [5, 5.41) is 5.69. The average molecular weight is 358 g/mol. The zero-order valence-electron chi connectivity index (χ0n) is 15.5. The van der Waals surface area contributed by atoms with Gasteiger partial charge in [0.15, 0.2) is 0 Å². The molecule has 0 bridgehead atoms. The van der Waals surface area contributed by atoms with E-state index in [1.54, 1.807) is 41.5 Å². The minimum absolute atomic E-state index is 0.749. The summed E-state index contributed by atoms with van der Waals surface area (Å²) in [6.45, 7) is 11.4. The maximum Gasteiger partial charge on any atom is 0.426 e. The van der Waals surface area contributed by atoms with Gasteiger partial charge in [-0.05, 0) is 47.1 Å². The fourth-order valence-corrected chi connectivity index (χ4v) is 1.48. The van der Waals surface area contributed by atoms with Crippen molar-refractivity contribution in [2.75, 3.05) is 0 Å². The molecule has 0 saturated heterocycles. The number of nitrogens with zero attached hydrogens (tertiary/aromatic N) is 3. The molecule has 0 aromatic rings. The van der Waals surface area contributed by atoms with Gasteiger partial charge in [-0.2, -0.15) is 0 Å². The lowest BCUT2D eigenvalue weighted by atomic mass is 10.1. The largest absolute Gasteiger partial charge is 0.444 e. The highest BCUT2D eigenvalue weighted by atomic mass is 16.6. The quantitative estimate of drug-likeness (QED) is 0.304. The number of nitrogens with one attached hydrogen (secondary N) is 3. The molecule has 25 heavy (non-hydrogen) atoms. The fourth-order valence-electron chi connectivity index (χ4n) is 1.48. The van der Waals surface area contributed by atoms with Crippen LogP contribution in [0.5, 0.6) is 0 Å². The third-order valence-corrected chi connectivity index (χ3v) is 2.36. The number of azide groups is 1. The van der Waals surface area contributed by atoms with Crippen molar-refractivity contribution in [3.63, 3.8) is 0 Å². The molecule has 0 spiro atoms. The maximum atomic E-state index is 12.2. The summed E-state index contributed by atoms with van der Waals surface area (Å²) in [6, 6.07) is -2.20. The molecule has 0 aromatic heterocycles. The van der Waals surface area contributed by atoms with Gasteiger partial charge in [0.05, 0.1) is 6.04 Å². The van der Waals surface area contributed by atoms with Gasteiger partial charge >= 0.3 is 12.2 Å². The Kier molecular flexibility index (Phi) is 8.01. The van der Waals surface area contributed by atoms with E-state index in [-0.39, 0.29) is 0 Å². The lowest BCUT2D eigenvalue weighted by molar-refractivity contribution is -0.124. The lowest BCUT2D eigenvalue weighted by Crippen LogP contribution is -2.56. The Labute approximate surface area is 146 Å². The summed E-state index contributed by atoms with van der Waals surface area (Å²) in [5.74, 6) is -0.809. The molecule has 0 saturated carbocycles. The molecule has 142 valence electrons. The van der Waals surface area contributed by atoms with Crippen LogP contribution in [-0.2, 0) is 14.3 Å². The van der Waals surface area contributed by atoms with E-state index >= 15 is 0 Å². The van der Waals surface area contributed by atoms with Gasteiger partial charge in [-0.1, -0.05) is 12.0 Å². The van der Waals surface area contributed by atoms with E-state index in [9.17, 15) is 14.4 Å². The predicted molar refractivity (Wildman–Crippen MR) is 89.3 cm³/mol. The van der Waals surface area contributed by atoms with E-state index in [0.717, 1.165) is 0 Å². The number of ether oxygens (including phenoxy) is 2. The van der Waals surface area contributed by atoms with Crippen molar-refractivity contribution in [1.29, 1.82) is 0 Å². The zero-order valence-corrected chi connectivity index (χ0v) is 15.5. The predicted octanol–water partition coefficient (Wildman–Crippen LogP) is 2.13. The van der Waals surface area contributed by atoms with Gasteiger partial charge in [-0.3, -0.25) is 10.2 Å². The molecule has 0 aromatic carbocycles. The molecule has 0 unspecified atom stereocenters. The molecule has 0 rings (SSSR count). The van der Waals surface area contributed by atoms with Gasteiger partial charge in [0.1, 0.15) is 17.2 Å². The maximum absolute atomic E-state index is 12.2. The number of hydrazine groups is 1. The van der Waals surface area contributed by atoms with Gasteiger partial charge in [-0.25, -0.2) is 15.0 Å². The molecule has 0 fully saturated rings. The molecule has 3 amide bonds. The first-order valence-electron chi connectivity index (χ1n) is 7.58. The van der Waals surface area contributed by atoms with E-state index in [1.807, 2.05) is 0 Å².